The number of hydrogen-bond acceptors (Lipinski definition) is 5. The molecule has 5 nitrogen and oxygen atoms in total. The number of benzene rings is 1. The molecule has 0 aliphatic rings. The highest BCUT2D eigenvalue weighted by atomic mass is 79.9. The summed E-state index contributed by atoms with van der Waals surface area (Å²) < 4.78 is 31.7. The normalized spacial score (nSPS) is 11.5. The van der Waals surface area contributed by atoms with Gasteiger partial charge in [-0.2, -0.15) is 0 Å². The molecule has 0 aliphatic carbocycles. The van der Waals surface area contributed by atoms with Gasteiger partial charge in [-0.05, 0) is 52.7 Å². The minimum atomic E-state index is -3.19. The minimum absolute atomic E-state index is 0.0538. The molecule has 0 unspecified atom stereocenters. The summed E-state index contributed by atoms with van der Waals surface area (Å²) in [4.78, 5) is 13.7. The Labute approximate surface area is 161 Å². The highest BCUT2D eigenvalue weighted by molar-refractivity contribution is 9.11. The van der Waals surface area contributed by atoms with Crippen molar-refractivity contribution >= 4 is 59.0 Å². The van der Waals surface area contributed by atoms with Crippen molar-refractivity contribution in [1.82, 2.24) is 4.72 Å². The third kappa shape index (κ3) is 6.29. The van der Waals surface area contributed by atoms with Gasteiger partial charge >= 0.3 is 0 Å². The van der Waals surface area contributed by atoms with Crippen molar-refractivity contribution < 1.29 is 17.9 Å². The van der Waals surface area contributed by atoms with Gasteiger partial charge in [0.05, 0.1) is 15.6 Å². The minimum Gasteiger partial charge on any atom is -0.484 e. The van der Waals surface area contributed by atoms with Crippen molar-refractivity contribution in [1.29, 1.82) is 0 Å². The molecule has 0 radical (unpaired) electrons. The third-order valence-electron chi connectivity index (χ3n) is 2.92. The van der Waals surface area contributed by atoms with E-state index in [2.05, 4.69) is 36.6 Å². The molecule has 0 amide bonds. The second-order valence-corrected chi connectivity index (χ2v) is 9.74. The van der Waals surface area contributed by atoms with Crippen molar-refractivity contribution in [2.24, 2.45) is 0 Å². The highest BCUT2D eigenvalue weighted by Crippen LogP contribution is 2.28. The predicted octanol–water partition coefficient (Wildman–Crippen LogP) is 3.63. The molecule has 1 heterocycles. The van der Waals surface area contributed by atoms with Crippen LogP contribution in [0, 0.1) is 0 Å². The van der Waals surface area contributed by atoms with E-state index >= 15 is 0 Å². The van der Waals surface area contributed by atoms with Crippen LogP contribution in [0.1, 0.15) is 14.5 Å². The molecular weight excluding hydrogens is 482 g/mol. The number of rotatable bonds is 8. The molecule has 2 aromatic rings. The maximum absolute atomic E-state index is 12.2. The van der Waals surface area contributed by atoms with E-state index in [1.54, 1.807) is 12.1 Å². The Bertz CT molecular complexity index is 834. The zero-order valence-electron chi connectivity index (χ0n) is 12.7. The topological polar surface area (TPSA) is 72.5 Å². The van der Waals surface area contributed by atoms with Crippen LogP contribution in [-0.2, 0) is 16.4 Å². The molecule has 0 saturated carbocycles. The van der Waals surface area contributed by atoms with Crippen LogP contribution >= 0.6 is 43.2 Å². The van der Waals surface area contributed by atoms with E-state index in [1.165, 1.54) is 11.3 Å². The molecule has 24 heavy (non-hydrogen) atoms. The summed E-state index contributed by atoms with van der Waals surface area (Å²) in [7, 11) is -3.19. The molecule has 0 fully saturated rings. The molecule has 0 atom stereocenters. The molecule has 1 aromatic heterocycles. The highest BCUT2D eigenvalue weighted by Gasteiger charge is 2.12. The molecule has 9 heteroatoms. The number of sulfonamides is 1. The number of Topliss-reactive ketones (excluding diaryl/α,β-unsaturated/α-hetero) is 1. The van der Waals surface area contributed by atoms with Crippen molar-refractivity contribution in [3.05, 3.63) is 49.0 Å². The largest absolute Gasteiger partial charge is 0.484 e. The molecule has 2 rings (SSSR count). The Morgan fingerprint density at radius 3 is 2.67 bits per heavy atom. The van der Waals surface area contributed by atoms with E-state index < -0.39 is 10.0 Å². The van der Waals surface area contributed by atoms with Crippen molar-refractivity contribution in [2.45, 2.75) is 6.42 Å². The second-order valence-electron chi connectivity index (χ2n) is 4.97. The summed E-state index contributed by atoms with van der Waals surface area (Å²) in [5, 5.41) is 0. The fraction of sp³-hybridized carbons (Fsp3) is 0.267. The van der Waals surface area contributed by atoms with Crippen LogP contribution in [0.4, 0.5) is 0 Å². The number of nitrogens with one attached hydrogen (secondary N) is 1. The summed E-state index contributed by atoms with van der Waals surface area (Å²) in [6.07, 6.45) is 1.66. The molecule has 0 saturated heterocycles. The zero-order valence-corrected chi connectivity index (χ0v) is 17.5. The van der Waals surface area contributed by atoms with Gasteiger partial charge in [0, 0.05) is 15.9 Å². The smallest absolute Gasteiger partial charge is 0.210 e. The molecule has 1 N–H and O–H groups in total. The summed E-state index contributed by atoms with van der Waals surface area (Å²) in [5.41, 5.74) is 0. The van der Waals surface area contributed by atoms with Gasteiger partial charge in [0.1, 0.15) is 5.75 Å². The second kappa shape index (κ2) is 8.57. The Morgan fingerprint density at radius 1 is 1.25 bits per heavy atom. The first-order chi connectivity index (χ1) is 11.2. The van der Waals surface area contributed by atoms with Gasteiger partial charge in [-0.1, -0.05) is 15.9 Å². The maximum atomic E-state index is 12.2. The van der Waals surface area contributed by atoms with Gasteiger partial charge in [-0.25, -0.2) is 13.1 Å². The molecule has 0 aliphatic heterocycles. The first kappa shape index (κ1) is 19.6. The van der Waals surface area contributed by atoms with Crippen LogP contribution in [0.15, 0.2) is 39.3 Å². The predicted molar refractivity (Wildman–Crippen MR) is 103 cm³/mol. The molecule has 130 valence electrons. The Hall–Kier alpha value is -0.740. The van der Waals surface area contributed by atoms with Gasteiger partial charge in [0.15, 0.2) is 6.61 Å². The van der Waals surface area contributed by atoms with Crippen LogP contribution in [-0.4, -0.2) is 33.6 Å². The first-order valence-electron chi connectivity index (χ1n) is 6.89. The fourth-order valence-corrected chi connectivity index (χ4v) is 4.39. The van der Waals surface area contributed by atoms with E-state index in [-0.39, 0.29) is 12.4 Å². The third-order valence-corrected chi connectivity index (χ3v) is 5.95. The zero-order chi connectivity index (χ0) is 17.7. The van der Waals surface area contributed by atoms with Crippen molar-refractivity contribution in [3.63, 3.8) is 0 Å². The monoisotopic (exact) mass is 495 g/mol. The van der Waals surface area contributed by atoms with Crippen LogP contribution < -0.4 is 9.46 Å². The lowest BCUT2D eigenvalue weighted by Crippen LogP contribution is -2.24. The first-order valence-corrected chi connectivity index (χ1v) is 11.2. The quantitative estimate of drug-likeness (QED) is 0.566. The lowest BCUT2D eigenvalue weighted by atomic mass is 10.3. The molecular formula is C15H15Br2NO4S2. The average molecular weight is 497 g/mol. The Morgan fingerprint density at radius 2 is 2.00 bits per heavy atom. The number of ether oxygens (including phenoxy) is 1. The Kier molecular flexibility index (Phi) is 6.99. The van der Waals surface area contributed by atoms with Crippen molar-refractivity contribution in [2.75, 3.05) is 19.4 Å². The summed E-state index contributed by atoms with van der Waals surface area (Å²) >= 11 is 8.09. The van der Waals surface area contributed by atoms with E-state index in [9.17, 15) is 13.2 Å². The van der Waals surface area contributed by atoms with Crippen LogP contribution in [0.5, 0.6) is 5.75 Å². The van der Waals surface area contributed by atoms with Crippen molar-refractivity contribution in [3.8, 4) is 5.75 Å². The average Bonchev–Trinajstić information content (AvgIpc) is 2.93. The molecule has 0 bridgehead atoms. The SMILES string of the molecule is CS(=O)(=O)NCCc1ccc(C(=O)COc2ccc(Br)cc2Br)s1. The molecule has 1 aromatic carbocycles. The van der Waals surface area contributed by atoms with Gasteiger partial charge in [-0.15, -0.1) is 11.3 Å². The van der Waals surface area contributed by atoms with E-state index in [1.807, 2.05) is 18.2 Å². The van der Waals surface area contributed by atoms with Crippen LogP contribution in [0.3, 0.4) is 0 Å². The molecule has 0 spiro atoms. The summed E-state index contributed by atoms with van der Waals surface area (Å²) in [5.74, 6) is 0.484. The number of hydrogen-bond donors (Lipinski definition) is 1. The number of carbonyl (C=O) groups is 1. The number of halogens is 2. The van der Waals surface area contributed by atoms with E-state index in [4.69, 9.17) is 4.74 Å². The van der Waals surface area contributed by atoms with E-state index in [0.29, 0.717) is 23.6 Å². The van der Waals surface area contributed by atoms with Gasteiger partial charge < -0.3 is 4.74 Å². The van der Waals surface area contributed by atoms with Gasteiger partial charge in [0.2, 0.25) is 15.8 Å². The Balaban J connectivity index is 1.89. The maximum Gasteiger partial charge on any atom is 0.210 e. The summed E-state index contributed by atoms with van der Waals surface area (Å²) in [6.45, 7) is 0.261. The lowest BCUT2D eigenvalue weighted by Gasteiger charge is -2.07. The van der Waals surface area contributed by atoms with Gasteiger partial charge in [-0.3, -0.25) is 4.79 Å². The van der Waals surface area contributed by atoms with Gasteiger partial charge in [0.25, 0.3) is 0 Å². The number of carbonyl (C=O) groups excluding carboxylic acids is 1. The van der Waals surface area contributed by atoms with E-state index in [0.717, 1.165) is 20.1 Å². The lowest BCUT2D eigenvalue weighted by molar-refractivity contribution is 0.0925. The number of thiophene rings is 1. The van der Waals surface area contributed by atoms with Crippen LogP contribution in [0.25, 0.3) is 0 Å². The summed E-state index contributed by atoms with van der Waals surface area (Å²) in [6, 6.07) is 9.03. The standard InChI is InChI=1S/C15H15Br2NO4S2/c1-24(20,21)18-7-6-11-3-5-15(23-11)13(19)9-22-14-4-2-10(16)8-12(14)17/h2-5,8,18H,6-7,9H2,1H3. The fourth-order valence-electron chi connectivity index (χ4n) is 1.83. The van der Waals surface area contributed by atoms with Crippen LogP contribution in [0.2, 0.25) is 0 Å². The number of ketones is 1.